The lowest BCUT2D eigenvalue weighted by atomic mass is 10.4. The van der Waals surface area contributed by atoms with E-state index in [1.807, 2.05) is 0 Å². The minimum Gasteiger partial charge on any atom is -0.460 e. The van der Waals surface area contributed by atoms with E-state index in [2.05, 4.69) is 16.4 Å². The highest BCUT2D eigenvalue weighted by molar-refractivity contribution is 5.86. The number of esters is 1. The van der Waals surface area contributed by atoms with Gasteiger partial charge in [0.1, 0.15) is 6.61 Å². The molecule has 0 spiro atoms. The van der Waals surface area contributed by atoms with E-state index in [0.717, 1.165) is 0 Å². The summed E-state index contributed by atoms with van der Waals surface area (Å²) in [7, 11) is 0. The van der Waals surface area contributed by atoms with Gasteiger partial charge in [0.25, 0.3) is 0 Å². The maximum Gasteiger partial charge on any atom is 0.333 e. The Morgan fingerprint density at radius 2 is 2.40 bits per heavy atom. The van der Waals surface area contributed by atoms with E-state index in [9.17, 15) is 4.79 Å². The summed E-state index contributed by atoms with van der Waals surface area (Å²) in [6, 6.07) is 0. The molecule has 0 aromatic carbocycles. The van der Waals surface area contributed by atoms with Gasteiger partial charge in [0.15, 0.2) is 0 Å². The van der Waals surface area contributed by atoms with Crippen molar-refractivity contribution in [2.45, 2.75) is 6.92 Å². The molecule has 0 aliphatic rings. The van der Waals surface area contributed by atoms with Crippen molar-refractivity contribution in [3.05, 3.63) is 12.2 Å². The van der Waals surface area contributed by atoms with Gasteiger partial charge in [-0.05, 0) is 6.92 Å². The van der Waals surface area contributed by atoms with Crippen LogP contribution in [-0.2, 0) is 9.53 Å². The zero-order valence-corrected chi connectivity index (χ0v) is 5.89. The molecule has 0 radical (unpaired) electrons. The van der Waals surface area contributed by atoms with Gasteiger partial charge in [-0.15, -0.1) is 0 Å². The van der Waals surface area contributed by atoms with Crippen molar-refractivity contribution in [1.29, 1.82) is 5.53 Å². The molecule has 1 N–H and O–H groups in total. The molecule has 56 valence electrons. The van der Waals surface area contributed by atoms with Crippen LogP contribution in [0.5, 0.6) is 0 Å². The molecule has 10 heavy (non-hydrogen) atoms. The van der Waals surface area contributed by atoms with Crippen molar-refractivity contribution in [2.75, 3.05) is 13.2 Å². The Morgan fingerprint density at radius 1 is 1.80 bits per heavy atom. The highest BCUT2D eigenvalue weighted by Crippen LogP contribution is 1.90. The van der Waals surface area contributed by atoms with Crippen LogP contribution in [0.15, 0.2) is 17.3 Å². The first kappa shape index (κ1) is 8.81. The molecule has 0 unspecified atom stereocenters. The average molecular weight is 142 g/mol. The van der Waals surface area contributed by atoms with Crippen LogP contribution in [0.3, 0.4) is 0 Å². The normalized spacial score (nSPS) is 8.50. The van der Waals surface area contributed by atoms with Crippen molar-refractivity contribution < 1.29 is 9.53 Å². The molecule has 4 nitrogen and oxygen atoms in total. The molecule has 0 aromatic rings. The molecule has 4 heteroatoms. The third-order valence-electron chi connectivity index (χ3n) is 0.785. The second kappa shape index (κ2) is 4.67. The van der Waals surface area contributed by atoms with E-state index in [1.54, 1.807) is 6.92 Å². The van der Waals surface area contributed by atoms with Gasteiger partial charge >= 0.3 is 5.97 Å². The van der Waals surface area contributed by atoms with E-state index >= 15 is 0 Å². The number of hydrogen-bond acceptors (Lipinski definition) is 4. The summed E-state index contributed by atoms with van der Waals surface area (Å²) in [5, 5.41) is 3.01. The van der Waals surface area contributed by atoms with Crippen LogP contribution >= 0.6 is 0 Å². The van der Waals surface area contributed by atoms with Crippen LogP contribution in [0.4, 0.5) is 0 Å². The van der Waals surface area contributed by atoms with Crippen molar-refractivity contribution in [2.24, 2.45) is 5.11 Å². The fourth-order valence-electron chi connectivity index (χ4n) is 0.307. The minimum atomic E-state index is -0.427. The van der Waals surface area contributed by atoms with E-state index in [1.165, 1.54) is 0 Å². The average Bonchev–Trinajstić information content (AvgIpc) is 1.88. The molecule has 0 bridgehead atoms. The highest BCUT2D eigenvalue weighted by atomic mass is 16.5. The summed E-state index contributed by atoms with van der Waals surface area (Å²) in [6.45, 7) is 5.33. The van der Waals surface area contributed by atoms with Crippen molar-refractivity contribution in [1.82, 2.24) is 0 Å². The quantitative estimate of drug-likeness (QED) is 0.277. The molecule has 0 heterocycles. The largest absolute Gasteiger partial charge is 0.460 e. The zero-order valence-electron chi connectivity index (χ0n) is 5.89. The smallest absolute Gasteiger partial charge is 0.333 e. The number of rotatable bonds is 4. The van der Waals surface area contributed by atoms with Crippen LogP contribution < -0.4 is 0 Å². The van der Waals surface area contributed by atoms with Crippen molar-refractivity contribution >= 4 is 5.97 Å². The lowest BCUT2D eigenvalue weighted by Gasteiger charge is -1.99. The fourth-order valence-corrected chi connectivity index (χ4v) is 0.307. The first-order chi connectivity index (χ1) is 4.68. The third-order valence-corrected chi connectivity index (χ3v) is 0.785. The lowest BCUT2D eigenvalue weighted by Crippen LogP contribution is -2.07. The molecule has 0 aromatic heterocycles. The Kier molecular flexibility index (Phi) is 4.11. The maximum absolute atomic E-state index is 10.6. The number of ether oxygens (including phenoxy) is 1. The van der Waals surface area contributed by atoms with Crippen LogP contribution in [0, 0.1) is 5.53 Å². The standard InChI is InChI=1S/C6H10N2O2/c1-5(2)6(9)10-4-3-8-7/h7H,1,3-4H2,2H3. The molecule has 0 rings (SSSR count). The summed E-state index contributed by atoms with van der Waals surface area (Å²) in [6.07, 6.45) is 0. The molecule has 0 amide bonds. The number of hydrogen-bond donors (Lipinski definition) is 1. The van der Waals surface area contributed by atoms with E-state index in [4.69, 9.17) is 5.53 Å². The second-order valence-corrected chi connectivity index (χ2v) is 1.80. The van der Waals surface area contributed by atoms with E-state index in [-0.39, 0.29) is 13.2 Å². The van der Waals surface area contributed by atoms with E-state index in [0.29, 0.717) is 5.57 Å². The first-order valence-corrected chi connectivity index (χ1v) is 2.84. The molecule has 0 atom stereocenters. The van der Waals surface area contributed by atoms with Gasteiger partial charge in [-0.1, -0.05) is 6.58 Å². The molecular weight excluding hydrogens is 132 g/mol. The molecule has 0 aliphatic heterocycles. The van der Waals surface area contributed by atoms with Gasteiger partial charge in [-0.2, -0.15) is 5.11 Å². The molecular formula is C6H10N2O2. The van der Waals surface area contributed by atoms with Gasteiger partial charge in [0.2, 0.25) is 0 Å². The van der Waals surface area contributed by atoms with Crippen LogP contribution in [-0.4, -0.2) is 19.1 Å². The van der Waals surface area contributed by atoms with Gasteiger partial charge in [0, 0.05) is 5.57 Å². The minimum absolute atomic E-state index is 0.162. The van der Waals surface area contributed by atoms with Gasteiger partial charge < -0.3 is 4.74 Å². The van der Waals surface area contributed by atoms with Crippen LogP contribution in [0.25, 0.3) is 0 Å². The first-order valence-electron chi connectivity index (χ1n) is 2.84. The zero-order chi connectivity index (χ0) is 7.98. The van der Waals surface area contributed by atoms with Crippen LogP contribution in [0.1, 0.15) is 6.92 Å². The predicted octanol–water partition coefficient (Wildman–Crippen LogP) is 1.14. The highest BCUT2D eigenvalue weighted by Gasteiger charge is 2.00. The topological polar surface area (TPSA) is 62.5 Å². The summed E-state index contributed by atoms with van der Waals surface area (Å²) in [4.78, 5) is 10.6. The molecule has 0 fully saturated rings. The lowest BCUT2D eigenvalue weighted by molar-refractivity contribution is -0.138. The summed E-state index contributed by atoms with van der Waals surface area (Å²) in [5.74, 6) is -0.427. The summed E-state index contributed by atoms with van der Waals surface area (Å²) in [5.41, 5.74) is 6.73. The Labute approximate surface area is 59.4 Å². The predicted molar refractivity (Wildman–Crippen MR) is 35.8 cm³/mol. The number of carbonyl (C=O) groups is 1. The fraction of sp³-hybridized carbons (Fsp3) is 0.500. The van der Waals surface area contributed by atoms with Crippen LogP contribution in [0.2, 0.25) is 0 Å². The Bertz CT molecular complexity index is 154. The maximum atomic E-state index is 10.6. The Hall–Kier alpha value is -1.19. The number of carbonyl (C=O) groups excluding carboxylic acids is 1. The Morgan fingerprint density at radius 3 is 2.80 bits per heavy atom. The second-order valence-electron chi connectivity index (χ2n) is 1.80. The summed E-state index contributed by atoms with van der Waals surface area (Å²) < 4.78 is 4.59. The van der Waals surface area contributed by atoms with Crippen molar-refractivity contribution in [3.63, 3.8) is 0 Å². The summed E-state index contributed by atoms with van der Waals surface area (Å²) >= 11 is 0. The van der Waals surface area contributed by atoms with Gasteiger partial charge in [-0.25, -0.2) is 10.3 Å². The van der Waals surface area contributed by atoms with Gasteiger partial charge in [0.05, 0.1) is 6.54 Å². The Balaban J connectivity index is 3.40. The number of nitrogens with one attached hydrogen (secondary N) is 1. The van der Waals surface area contributed by atoms with Gasteiger partial charge in [-0.3, -0.25) is 0 Å². The molecule has 0 aliphatic carbocycles. The molecule has 0 saturated carbocycles. The SMILES string of the molecule is C=C(C)C(=O)OCCN=N. The third kappa shape index (κ3) is 3.77. The monoisotopic (exact) mass is 142 g/mol. The molecule has 0 saturated heterocycles. The van der Waals surface area contributed by atoms with E-state index < -0.39 is 5.97 Å². The van der Waals surface area contributed by atoms with Crippen molar-refractivity contribution in [3.8, 4) is 0 Å². The number of nitrogens with zero attached hydrogens (tertiary/aromatic N) is 1.